The van der Waals surface area contributed by atoms with Crippen molar-refractivity contribution in [2.24, 2.45) is 0 Å². The zero-order valence-electron chi connectivity index (χ0n) is 10.4. The maximum Gasteiger partial charge on any atom is 0.329 e. The van der Waals surface area contributed by atoms with Gasteiger partial charge in [-0.05, 0) is 14.0 Å². The van der Waals surface area contributed by atoms with E-state index in [1.54, 1.807) is 6.92 Å². The molecule has 1 atom stereocenters. The molecule has 1 fully saturated rings. The largest absolute Gasteiger partial charge is 0.374 e. The first-order valence-electron chi connectivity index (χ1n) is 5.78. The van der Waals surface area contributed by atoms with Crippen molar-refractivity contribution in [2.75, 3.05) is 26.7 Å². The molecule has 2 rings (SSSR count). The summed E-state index contributed by atoms with van der Waals surface area (Å²) in [6, 6.07) is 0. The van der Waals surface area contributed by atoms with Crippen LogP contribution in [0.4, 0.5) is 0 Å². The number of halogens is 1. The summed E-state index contributed by atoms with van der Waals surface area (Å²) in [6.45, 7) is 4.01. The van der Waals surface area contributed by atoms with Crippen LogP contribution in [-0.2, 0) is 11.3 Å². The molecule has 0 amide bonds. The molecule has 0 spiro atoms. The van der Waals surface area contributed by atoms with Gasteiger partial charge in [0.25, 0.3) is 5.56 Å². The standard InChI is InChI=1S/C11H16ClN3O3/c1-7-9(12)13-11(17)15(10(7)16)6-8-5-14(2)3-4-18-8/h8H,3-6H2,1-2H3,(H,13,17). The third kappa shape index (κ3) is 2.66. The van der Waals surface area contributed by atoms with E-state index in [1.165, 1.54) is 0 Å². The van der Waals surface area contributed by atoms with Crippen molar-refractivity contribution in [1.82, 2.24) is 14.5 Å². The van der Waals surface area contributed by atoms with Crippen LogP contribution in [0.2, 0.25) is 5.15 Å². The highest BCUT2D eigenvalue weighted by atomic mass is 35.5. The quantitative estimate of drug-likeness (QED) is 0.760. The number of hydrogen-bond acceptors (Lipinski definition) is 4. The van der Waals surface area contributed by atoms with Crippen LogP contribution in [0, 0.1) is 6.92 Å². The normalized spacial score (nSPS) is 21.2. The van der Waals surface area contributed by atoms with E-state index in [2.05, 4.69) is 9.88 Å². The lowest BCUT2D eigenvalue weighted by atomic mass is 10.2. The Hall–Kier alpha value is -1.11. The van der Waals surface area contributed by atoms with Crippen LogP contribution in [0.25, 0.3) is 0 Å². The number of nitrogens with zero attached hydrogens (tertiary/aromatic N) is 2. The first kappa shape index (κ1) is 13.3. The Kier molecular flexibility index (Phi) is 3.89. The first-order chi connectivity index (χ1) is 8.49. The number of hydrogen-bond donors (Lipinski definition) is 1. The van der Waals surface area contributed by atoms with Crippen molar-refractivity contribution in [1.29, 1.82) is 0 Å². The van der Waals surface area contributed by atoms with Crippen molar-refractivity contribution in [3.8, 4) is 0 Å². The summed E-state index contributed by atoms with van der Waals surface area (Å²) in [5.41, 5.74) is -0.506. The number of aromatic amines is 1. The maximum absolute atomic E-state index is 12.0. The van der Waals surface area contributed by atoms with E-state index in [1.807, 2.05) is 7.05 Å². The Morgan fingerprint density at radius 2 is 2.22 bits per heavy atom. The molecule has 0 radical (unpaired) electrons. The Balaban J connectivity index is 2.27. The molecule has 18 heavy (non-hydrogen) atoms. The van der Waals surface area contributed by atoms with E-state index in [9.17, 15) is 9.59 Å². The van der Waals surface area contributed by atoms with Crippen LogP contribution in [0.15, 0.2) is 9.59 Å². The monoisotopic (exact) mass is 273 g/mol. The molecule has 0 bridgehead atoms. The van der Waals surface area contributed by atoms with E-state index < -0.39 is 5.69 Å². The summed E-state index contributed by atoms with van der Waals surface area (Å²) in [4.78, 5) is 28.2. The third-order valence-corrected chi connectivity index (χ3v) is 3.46. The molecule has 0 aliphatic carbocycles. The van der Waals surface area contributed by atoms with Gasteiger partial charge in [-0.1, -0.05) is 11.6 Å². The van der Waals surface area contributed by atoms with Crippen molar-refractivity contribution in [3.05, 3.63) is 31.6 Å². The second-order valence-corrected chi connectivity index (χ2v) is 4.92. The van der Waals surface area contributed by atoms with Crippen LogP contribution in [0.5, 0.6) is 0 Å². The van der Waals surface area contributed by atoms with Crippen molar-refractivity contribution >= 4 is 11.6 Å². The van der Waals surface area contributed by atoms with Crippen molar-refractivity contribution in [2.45, 2.75) is 19.6 Å². The average Bonchev–Trinajstić information content (AvgIpc) is 2.32. The van der Waals surface area contributed by atoms with Gasteiger partial charge in [0.05, 0.1) is 19.3 Å². The maximum atomic E-state index is 12.0. The molecule has 1 aliphatic rings. The number of rotatable bonds is 2. The molecule has 6 nitrogen and oxygen atoms in total. The Bertz CT molecular complexity index is 551. The van der Waals surface area contributed by atoms with E-state index in [0.717, 1.165) is 11.1 Å². The summed E-state index contributed by atoms with van der Waals surface area (Å²) in [5, 5.41) is 0.0999. The Labute approximate surface area is 109 Å². The minimum atomic E-state index is -0.493. The zero-order valence-corrected chi connectivity index (χ0v) is 11.2. The number of likely N-dealkylation sites (N-methyl/N-ethyl adjacent to an activating group) is 1. The summed E-state index contributed by atoms with van der Waals surface area (Å²) in [6.07, 6.45) is -0.150. The van der Waals surface area contributed by atoms with Crippen LogP contribution in [0.3, 0.4) is 0 Å². The van der Waals surface area contributed by atoms with Gasteiger partial charge in [-0.25, -0.2) is 4.79 Å². The van der Waals surface area contributed by atoms with Gasteiger partial charge < -0.3 is 9.64 Å². The van der Waals surface area contributed by atoms with Gasteiger partial charge in [0.1, 0.15) is 5.15 Å². The third-order valence-electron chi connectivity index (χ3n) is 3.09. The Morgan fingerprint density at radius 3 is 2.89 bits per heavy atom. The van der Waals surface area contributed by atoms with E-state index in [0.29, 0.717) is 18.7 Å². The van der Waals surface area contributed by atoms with Crippen LogP contribution < -0.4 is 11.2 Å². The molecule has 1 aliphatic heterocycles. The van der Waals surface area contributed by atoms with Crippen molar-refractivity contribution < 1.29 is 4.74 Å². The highest BCUT2D eigenvalue weighted by molar-refractivity contribution is 6.30. The zero-order chi connectivity index (χ0) is 13.3. The first-order valence-corrected chi connectivity index (χ1v) is 6.16. The molecule has 1 aromatic heterocycles. The summed E-state index contributed by atoms with van der Waals surface area (Å²) >= 11 is 5.75. The van der Waals surface area contributed by atoms with Crippen molar-refractivity contribution in [3.63, 3.8) is 0 Å². The number of nitrogens with one attached hydrogen (secondary N) is 1. The number of aromatic nitrogens is 2. The van der Waals surface area contributed by atoms with Crippen LogP contribution >= 0.6 is 11.6 Å². The molecule has 1 N–H and O–H groups in total. The second kappa shape index (κ2) is 5.26. The van der Waals surface area contributed by atoms with Crippen LogP contribution in [0.1, 0.15) is 5.56 Å². The summed E-state index contributed by atoms with van der Waals surface area (Å²) in [5.74, 6) is 0. The molecular formula is C11H16ClN3O3. The lowest BCUT2D eigenvalue weighted by Gasteiger charge is -2.30. The number of morpholine rings is 1. The fourth-order valence-electron chi connectivity index (χ4n) is 1.99. The van der Waals surface area contributed by atoms with Gasteiger partial charge in [-0.15, -0.1) is 0 Å². The fraction of sp³-hybridized carbons (Fsp3) is 0.636. The molecule has 2 heterocycles. The molecule has 1 unspecified atom stereocenters. The number of ether oxygens (including phenoxy) is 1. The van der Waals surface area contributed by atoms with Crippen LogP contribution in [-0.4, -0.2) is 47.3 Å². The lowest BCUT2D eigenvalue weighted by molar-refractivity contribution is -0.0285. The summed E-state index contributed by atoms with van der Waals surface area (Å²) < 4.78 is 6.69. The predicted molar refractivity (Wildman–Crippen MR) is 68.3 cm³/mol. The molecular weight excluding hydrogens is 258 g/mol. The highest BCUT2D eigenvalue weighted by Crippen LogP contribution is 2.06. The Morgan fingerprint density at radius 1 is 1.50 bits per heavy atom. The van der Waals surface area contributed by atoms with Gasteiger partial charge in [0, 0.05) is 18.7 Å². The van der Waals surface area contributed by atoms with Gasteiger partial charge in [0.15, 0.2) is 0 Å². The molecule has 7 heteroatoms. The molecule has 1 aromatic rings. The van der Waals surface area contributed by atoms with E-state index in [4.69, 9.17) is 16.3 Å². The van der Waals surface area contributed by atoms with Gasteiger partial charge in [-0.3, -0.25) is 14.3 Å². The second-order valence-electron chi connectivity index (χ2n) is 4.54. The fourth-order valence-corrected chi connectivity index (χ4v) is 2.15. The van der Waals surface area contributed by atoms with E-state index in [-0.39, 0.29) is 23.4 Å². The lowest BCUT2D eigenvalue weighted by Crippen LogP contribution is -2.46. The SMILES string of the molecule is Cc1c(Cl)[nH]c(=O)n(CC2CN(C)CCO2)c1=O. The van der Waals surface area contributed by atoms with Gasteiger partial charge >= 0.3 is 5.69 Å². The summed E-state index contributed by atoms with van der Waals surface area (Å²) in [7, 11) is 1.98. The topological polar surface area (TPSA) is 67.3 Å². The predicted octanol–water partition coefficient (Wildman–Crippen LogP) is -0.171. The average molecular weight is 274 g/mol. The number of H-pyrrole nitrogens is 1. The minimum Gasteiger partial charge on any atom is -0.374 e. The highest BCUT2D eigenvalue weighted by Gasteiger charge is 2.20. The molecule has 0 saturated carbocycles. The van der Waals surface area contributed by atoms with E-state index >= 15 is 0 Å². The molecule has 0 aromatic carbocycles. The van der Waals surface area contributed by atoms with Gasteiger partial charge in [-0.2, -0.15) is 0 Å². The minimum absolute atomic E-state index is 0.0999. The smallest absolute Gasteiger partial charge is 0.329 e. The molecule has 100 valence electrons. The van der Waals surface area contributed by atoms with Gasteiger partial charge in [0.2, 0.25) is 0 Å². The molecule has 1 saturated heterocycles.